The van der Waals surface area contributed by atoms with E-state index in [1.54, 1.807) is 12.1 Å². The Bertz CT molecular complexity index is 832. The first-order chi connectivity index (χ1) is 14.2. The lowest BCUT2D eigenvalue weighted by Crippen LogP contribution is -2.12. The Hall–Kier alpha value is -3.48. The van der Waals surface area contributed by atoms with Crippen LogP contribution in [0.1, 0.15) is 24.5 Å². The first-order valence-electron chi connectivity index (χ1n) is 9.10. The van der Waals surface area contributed by atoms with Crippen LogP contribution in [-0.4, -0.2) is 26.1 Å². The molecule has 2 rings (SSSR count). The van der Waals surface area contributed by atoms with Crippen molar-refractivity contribution in [3.8, 4) is 5.75 Å². The predicted molar refractivity (Wildman–Crippen MR) is 108 cm³/mol. The van der Waals surface area contributed by atoms with E-state index in [1.807, 2.05) is 49.4 Å². The van der Waals surface area contributed by atoms with Crippen molar-refractivity contribution in [2.75, 3.05) is 14.2 Å². The molecular weight excluding hydrogens is 374 g/mol. The number of methoxy groups -OCH3 is 2. The number of carbonyl (C=O) groups excluding carboxylic acids is 1. The van der Waals surface area contributed by atoms with Gasteiger partial charge in [-0.05, 0) is 11.6 Å². The minimum Gasteiger partial charge on any atom is -0.500 e. The highest BCUT2D eigenvalue weighted by Gasteiger charge is 2.15. The van der Waals surface area contributed by atoms with Crippen LogP contribution in [0.3, 0.4) is 0 Å². The number of esters is 1. The maximum absolute atomic E-state index is 11.8. The number of carbonyl (C=O) groups is 1. The highest BCUT2D eigenvalue weighted by atomic mass is 16.6. The van der Waals surface area contributed by atoms with Crippen LogP contribution in [0, 0.1) is 0 Å². The molecule has 0 fully saturated rings. The molecule has 2 aromatic carbocycles. The normalized spacial score (nSPS) is 11.6. The van der Waals surface area contributed by atoms with Crippen molar-refractivity contribution in [3.63, 3.8) is 0 Å². The molecule has 0 saturated carbocycles. The third-order valence-electron chi connectivity index (χ3n) is 3.74. The summed E-state index contributed by atoms with van der Waals surface area (Å²) >= 11 is 0. The lowest BCUT2D eigenvalue weighted by Gasteiger charge is -2.13. The van der Waals surface area contributed by atoms with Crippen LogP contribution in [0.25, 0.3) is 0 Å². The van der Waals surface area contributed by atoms with Gasteiger partial charge in [-0.1, -0.05) is 60.6 Å². The first kappa shape index (κ1) is 21.8. The van der Waals surface area contributed by atoms with Gasteiger partial charge in [0, 0.05) is 12.0 Å². The number of nitrogens with zero attached hydrogens (tertiary/aromatic N) is 1. The van der Waals surface area contributed by atoms with E-state index in [0.717, 1.165) is 11.1 Å². The summed E-state index contributed by atoms with van der Waals surface area (Å²) in [6.07, 6.45) is 1.74. The highest BCUT2D eigenvalue weighted by Crippen LogP contribution is 2.22. The van der Waals surface area contributed by atoms with E-state index >= 15 is 0 Å². The smallest absolute Gasteiger partial charge is 0.377 e. The molecule has 0 unspecified atom stereocenters. The van der Waals surface area contributed by atoms with E-state index in [0.29, 0.717) is 24.7 Å². The van der Waals surface area contributed by atoms with Gasteiger partial charge in [-0.3, -0.25) is 0 Å². The van der Waals surface area contributed by atoms with E-state index in [-0.39, 0.29) is 12.4 Å². The Kier molecular flexibility index (Phi) is 9.08. The molecule has 0 aliphatic heterocycles. The fourth-order valence-electron chi connectivity index (χ4n) is 2.27. The lowest BCUT2D eigenvalue weighted by molar-refractivity contribution is -0.138. The average Bonchev–Trinajstić information content (AvgIpc) is 2.76. The summed E-state index contributed by atoms with van der Waals surface area (Å²) in [6, 6.07) is 16.9. The molecule has 0 bridgehead atoms. The molecule has 0 spiro atoms. The van der Waals surface area contributed by atoms with E-state index in [2.05, 4.69) is 5.16 Å². The Balaban J connectivity index is 2.00. The van der Waals surface area contributed by atoms with Gasteiger partial charge in [0.2, 0.25) is 11.7 Å². The Morgan fingerprint density at radius 1 is 1.00 bits per heavy atom. The number of rotatable bonds is 10. The molecule has 0 aromatic heterocycles. The molecule has 7 nitrogen and oxygen atoms in total. The molecule has 0 radical (unpaired) electrons. The van der Waals surface area contributed by atoms with Crippen LogP contribution >= 0.6 is 0 Å². The first-order valence-corrected chi connectivity index (χ1v) is 9.10. The molecule has 0 atom stereocenters. The summed E-state index contributed by atoms with van der Waals surface area (Å²) in [5, 5.41) is 4.06. The van der Waals surface area contributed by atoms with Crippen LogP contribution in [-0.2, 0) is 37.1 Å². The van der Waals surface area contributed by atoms with Gasteiger partial charge in [-0.15, -0.1) is 0 Å². The largest absolute Gasteiger partial charge is 0.500 e. The summed E-state index contributed by atoms with van der Waals surface area (Å²) in [5.74, 6) is 0.184. The molecule has 0 heterocycles. The second-order valence-electron chi connectivity index (χ2n) is 5.81. The zero-order valence-electron chi connectivity index (χ0n) is 16.8. The maximum atomic E-state index is 11.8. The zero-order valence-corrected chi connectivity index (χ0v) is 16.8. The SMILES string of the molecule is CC/C(=N\OCc1ccccc1)OCc1ccccc1O/C(=C/OC)C(=O)OC. The monoisotopic (exact) mass is 399 g/mol. The summed E-state index contributed by atoms with van der Waals surface area (Å²) < 4.78 is 21.0. The number of hydrogen-bond acceptors (Lipinski definition) is 7. The van der Waals surface area contributed by atoms with E-state index < -0.39 is 5.97 Å². The Labute approximate surface area is 170 Å². The highest BCUT2D eigenvalue weighted by molar-refractivity contribution is 5.86. The van der Waals surface area contributed by atoms with Crippen LogP contribution in [0.2, 0.25) is 0 Å². The van der Waals surface area contributed by atoms with Gasteiger partial charge in [0.25, 0.3) is 0 Å². The standard InChI is InChI=1S/C22H25NO6/c1-4-21(23-28-14-17-10-6-5-7-11-17)27-15-18-12-8-9-13-19(18)29-20(16-25-2)22(24)26-3/h5-13,16H,4,14-15H2,1-3H3/b20-16+,23-21+. The third-order valence-corrected chi connectivity index (χ3v) is 3.74. The van der Waals surface area contributed by atoms with Gasteiger partial charge in [-0.25, -0.2) is 4.79 Å². The van der Waals surface area contributed by atoms with Gasteiger partial charge >= 0.3 is 5.97 Å². The van der Waals surface area contributed by atoms with Crippen molar-refractivity contribution in [2.24, 2.45) is 5.16 Å². The van der Waals surface area contributed by atoms with Gasteiger partial charge in [-0.2, -0.15) is 0 Å². The van der Waals surface area contributed by atoms with Crippen molar-refractivity contribution < 1.29 is 28.6 Å². The molecule has 2 aromatic rings. The van der Waals surface area contributed by atoms with Crippen LogP contribution in [0.15, 0.2) is 71.8 Å². The predicted octanol–water partition coefficient (Wildman–Crippen LogP) is 4.18. The molecule has 154 valence electrons. The second kappa shape index (κ2) is 12.1. The Morgan fingerprint density at radius 2 is 1.72 bits per heavy atom. The van der Waals surface area contributed by atoms with Crippen LogP contribution in [0.5, 0.6) is 5.75 Å². The van der Waals surface area contributed by atoms with Gasteiger partial charge < -0.3 is 23.8 Å². The molecule has 0 N–H and O–H groups in total. The molecule has 0 aliphatic carbocycles. The third kappa shape index (κ3) is 7.21. The van der Waals surface area contributed by atoms with Crippen LogP contribution in [0.4, 0.5) is 0 Å². The lowest BCUT2D eigenvalue weighted by atomic mass is 10.2. The molecule has 29 heavy (non-hydrogen) atoms. The average molecular weight is 399 g/mol. The molecule has 0 aliphatic rings. The molecular formula is C22H25NO6. The topological polar surface area (TPSA) is 75.6 Å². The molecule has 0 saturated heterocycles. The number of oxime groups is 1. The quantitative estimate of drug-likeness (QED) is 0.149. The molecule has 7 heteroatoms. The van der Waals surface area contributed by atoms with Crippen molar-refractivity contribution >= 4 is 11.9 Å². The van der Waals surface area contributed by atoms with E-state index in [9.17, 15) is 4.79 Å². The second-order valence-corrected chi connectivity index (χ2v) is 5.81. The van der Waals surface area contributed by atoms with E-state index in [1.165, 1.54) is 20.5 Å². The van der Waals surface area contributed by atoms with Crippen molar-refractivity contribution in [2.45, 2.75) is 26.6 Å². The number of ether oxygens (including phenoxy) is 4. The summed E-state index contributed by atoms with van der Waals surface area (Å²) in [7, 11) is 2.68. The zero-order chi connectivity index (χ0) is 20.9. The summed E-state index contributed by atoms with van der Waals surface area (Å²) in [4.78, 5) is 17.2. The summed E-state index contributed by atoms with van der Waals surface area (Å²) in [6.45, 7) is 2.47. The maximum Gasteiger partial charge on any atom is 0.377 e. The van der Waals surface area contributed by atoms with Gasteiger partial charge in [0.1, 0.15) is 25.2 Å². The van der Waals surface area contributed by atoms with Crippen molar-refractivity contribution in [3.05, 3.63) is 77.7 Å². The number of benzene rings is 2. The fourth-order valence-corrected chi connectivity index (χ4v) is 2.27. The minimum atomic E-state index is -0.646. The molecule has 0 amide bonds. The minimum absolute atomic E-state index is 0.0713. The van der Waals surface area contributed by atoms with Gasteiger partial charge in [0.15, 0.2) is 0 Å². The fraction of sp³-hybridized carbons (Fsp3) is 0.273. The van der Waals surface area contributed by atoms with Gasteiger partial charge in [0.05, 0.1) is 14.2 Å². The number of para-hydroxylation sites is 1. The Morgan fingerprint density at radius 3 is 2.41 bits per heavy atom. The van der Waals surface area contributed by atoms with Crippen molar-refractivity contribution in [1.82, 2.24) is 0 Å². The van der Waals surface area contributed by atoms with E-state index in [4.69, 9.17) is 23.8 Å². The summed E-state index contributed by atoms with van der Waals surface area (Å²) in [5.41, 5.74) is 1.74. The van der Waals surface area contributed by atoms with Crippen LogP contribution < -0.4 is 4.74 Å². The van der Waals surface area contributed by atoms with Crippen molar-refractivity contribution in [1.29, 1.82) is 0 Å². The number of hydrogen-bond donors (Lipinski definition) is 0.